The first-order valence-corrected chi connectivity index (χ1v) is 8.42. The van der Waals surface area contributed by atoms with Crippen molar-refractivity contribution in [3.8, 4) is 0 Å². The molecule has 0 spiro atoms. The van der Waals surface area contributed by atoms with Crippen molar-refractivity contribution in [3.05, 3.63) is 36.5 Å². The number of pyridine rings is 1. The lowest BCUT2D eigenvalue weighted by atomic mass is 10.2. The predicted octanol–water partition coefficient (Wildman–Crippen LogP) is 1.97. The number of H-pyrrole nitrogens is 1. The van der Waals surface area contributed by atoms with Crippen LogP contribution >= 0.6 is 0 Å². The van der Waals surface area contributed by atoms with Gasteiger partial charge in [0.1, 0.15) is 17.7 Å². The van der Waals surface area contributed by atoms with Crippen molar-refractivity contribution in [2.75, 3.05) is 23.3 Å². The number of anilines is 2. The lowest BCUT2D eigenvalue weighted by molar-refractivity contribution is -0.00545. The molecule has 0 saturated carbocycles. The van der Waals surface area contributed by atoms with E-state index in [1.165, 1.54) is 6.33 Å². The van der Waals surface area contributed by atoms with Gasteiger partial charge in [0.05, 0.1) is 18.5 Å². The molecule has 8 heteroatoms. The highest BCUT2D eigenvalue weighted by Gasteiger charge is 2.22. The third-order valence-electron chi connectivity index (χ3n) is 4.24. The molecule has 0 radical (unpaired) electrons. The minimum Gasteiger partial charge on any atom is -0.372 e. The topological polar surface area (TPSA) is 91.8 Å². The Bertz CT molecular complexity index is 838. The van der Waals surface area contributed by atoms with Gasteiger partial charge in [-0.05, 0) is 25.5 Å². The van der Waals surface area contributed by atoms with Crippen LogP contribution in [-0.4, -0.2) is 50.2 Å². The maximum absolute atomic E-state index is 5.78. The fraction of sp³-hybridized carbons (Fsp3) is 0.412. The van der Waals surface area contributed by atoms with E-state index in [1.807, 2.05) is 6.20 Å². The molecule has 1 fully saturated rings. The van der Waals surface area contributed by atoms with E-state index in [-0.39, 0.29) is 12.2 Å². The Hall–Kier alpha value is -2.74. The molecule has 8 nitrogen and oxygen atoms in total. The van der Waals surface area contributed by atoms with Crippen molar-refractivity contribution in [1.82, 2.24) is 24.9 Å². The minimum atomic E-state index is 0.224. The van der Waals surface area contributed by atoms with Gasteiger partial charge >= 0.3 is 0 Å². The van der Waals surface area contributed by atoms with E-state index < -0.39 is 0 Å². The van der Waals surface area contributed by atoms with Crippen LogP contribution in [0.4, 0.5) is 11.6 Å². The summed E-state index contributed by atoms with van der Waals surface area (Å²) < 4.78 is 5.78. The highest BCUT2D eigenvalue weighted by atomic mass is 16.5. The second-order valence-electron chi connectivity index (χ2n) is 6.36. The van der Waals surface area contributed by atoms with Crippen molar-refractivity contribution < 1.29 is 4.74 Å². The molecule has 130 valence electrons. The number of fused-ring (bicyclic) bond motifs is 1. The number of hydrogen-bond acceptors (Lipinski definition) is 7. The van der Waals surface area contributed by atoms with Gasteiger partial charge in [-0.1, -0.05) is 6.07 Å². The van der Waals surface area contributed by atoms with Crippen molar-refractivity contribution in [2.45, 2.75) is 32.6 Å². The van der Waals surface area contributed by atoms with Gasteiger partial charge in [-0.3, -0.25) is 0 Å². The standard InChI is InChI=1S/C17H21N7O/c1-11-7-24(8-12(2)25-11)14-4-3-13(5-18-14)6-19-16-15-17(21-9-20-15)23-10-22-16/h3-5,9-12H,6-8H2,1-2H3,(H2,19,20,21,22,23)/t11-,12-/m1/s1. The Morgan fingerprint density at radius 2 is 2.00 bits per heavy atom. The molecule has 0 aliphatic carbocycles. The summed E-state index contributed by atoms with van der Waals surface area (Å²) in [6.07, 6.45) is 5.47. The van der Waals surface area contributed by atoms with Crippen LogP contribution in [0.25, 0.3) is 11.2 Å². The zero-order valence-electron chi connectivity index (χ0n) is 14.3. The van der Waals surface area contributed by atoms with Gasteiger partial charge in [0.25, 0.3) is 0 Å². The largest absolute Gasteiger partial charge is 0.372 e. The van der Waals surface area contributed by atoms with Crippen LogP contribution in [0, 0.1) is 0 Å². The van der Waals surface area contributed by atoms with E-state index in [9.17, 15) is 0 Å². The molecular formula is C17H21N7O. The quantitative estimate of drug-likeness (QED) is 0.751. The van der Waals surface area contributed by atoms with E-state index in [0.717, 1.165) is 35.8 Å². The number of aromatic amines is 1. The molecule has 4 heterocycles. The maximum atomic E-state index is 5.78. The number of hydrogen-bond donors (Lipinski definition) is 2. The molecule has 3 aromatic heterocycles. The molecule has 0 bridgehead atoms. The zero-order valence-corrected chi connectivity index (χ0v) is 14.3. The number of morpholine rings is 1. The third-order valence-corrected chi connectivity index (χ3v) is 4.24. The van der Waals surface area contributed by atoms with Gasteiger partial charge in [0, 0.05) is 25.8 Å². The van der Waals surface area contributed by atoms with Crippen molar-refractivity contribution in [3.63, 3.8) is 0 Å². The normalized spacial score (nSPS) is 20.8. The van der Waals surface area contributed by atoms with Crippen LogP contribution in [0.1, 0.15) is 19.4 Å². The monoisotopic (exact) mass is 339 g/mol. The number of nitrogens with one attached hydrogen (secondary N) is 2. The zero-order chi connectivity index (χ0) is 17.2. The molecule has 0 aromatic carbocycles. The van der Waals surface area contributed by atoms with E-state index in [2.05, 4.69) is 61.1 Å². The maximum Gasteiger partial charge on any atom is 0.182 e. The summed E-state index contributed by atoms with van der Waals surface area (Å²) in [6.45, 7) is 6.56. The summed E-state index contributed by atoms with van der Waals surface area (Å²) in [6, 6.07) is 4.15. The SMILES string of the molecule is C[C@@H]1CN(c2ccc(CNc3ncnc4nc[nH]c34)cn2)C[C@@H](C)O1. The van der Waals surface area contributed by atoms with Gasteiger partial charge in [0.2, 0.25) is 0 Å². The first kappa shape index (κ1) is 15.8. The fourth-order valence-corrected chi connectivity index (χ4v) is 3.16. The van der Waals surface area contributed by atoms with Gasteiger partial charge in [0.15, 0.2) is 11.5 Å². The summed E-state index contributed by atoms with van der Waals surface area (Å²) in [5, 5.41) is 3.31. The number of ether oxygens (including phenoxy) is 1. The summed E-state index contributed by atoms with van der Waals surface area (Å²) in [7, 11) is 0. The molecule has 3 aromatic rings. The summed E-state index contributed by atoms with van der Waals surface area (Å²) in [4.78, 5) is 22.4. The van der Waals surface area contributed by atoms with Crippen LogP contribution in [-0.2, 0) is 11.3 Å². The van der Waals surface area contributed by atoms with E-state index >= 15 is 0 Å². The van der Waals surface area contributed by atoms with Crippen LogP contribution in [0.3, 0.4) is 0 Å². The second kappa shape index (κ2) is 6.64. The Balaban J connectivity index is 1.43. The molecule has 1 aliphatic heterocycles. The molecule has 1 aliphatic rings. The molecule has 1 saturated heterocycles. The number of rotatable bonds is 4. The summed E-state index contributed by atoms with van der Waals surface area (Å²) in [5.74, 6) is 1.73. The van der Waals surface area contributed by atoms with Gasteiger partial charge in [-0.25, -0.2) is 19.9 Å². The minimum absolute atomic E-state index is 0.224. The molecule has 2 N–H and O–H groups in total. The number of aromatic nitrogens is 5. The van der Waals surface area contributed by atoms with Crippen molar-refractivity contribution >= 4 is 22.8 Å². The average Bonchev–Trinajstić information content (AvgIpc) is 3.09. The first-order chi connectivity index (χ1) is 12.2. The van der Waals surface area contributed by atoms with E-state index in [1.54, 1.807) is 6.33 Å². The highest BCUT2D eigenvalue weighted by molar-refractivity contribution is 5.81. The highest BCUT2D eigenvalue weighted by Crippen LogP contribution is 2.19. The molecule has 0 amide bonds. The van der Waals surface area contributed by atoms with Crippen molar-refractivity contribution in [1.29, 1.82) is 0 Å². The molecule has 25 heavy (non-hydrogen) atoms. The average molecular weight is 339 g/mol. The molecule has 2 atom stereocenters. The summed E-state index contributed by atoms with van der Waals surface area (Å²) >= 11 is 0. The Kier molecular flexibility index (Phi) is 4.19. The van der Waals surface area contributed by atoms with E-state index in [4.69, 9.17) is 4.74 Å². The molecule has 4 rings (SSSR count). The lowest BCUT2D eigenvalue weighted by Crippen LogP contribution is -2.45. The van der Waals surface area contributed by atoms with Gasteiger partial charge in [-0.2, -0.15) is 0 Å². The Morgan fingerprint density at radius 1 is 1.16 bits per heavy atom. The van der Waals surface area contributed by atoms with E-state index in [0.29, 0.717) is 12.2 Å². The van der Waals surface area contributed by atoms with Crippen LogP contribution in [0.5, 0.6) is 0 Å². The lowest BCUT2D eigenvalue weighted by Gasteiger charge is -2.36. The van der Waals surface area contributed by atoms with Crippen molar-refractivity contribution in [2.24, 2.45) is 0 Å². The number of nitrogens with zero attached hydrogens (tertiary/aromatic N) is 5. The van der Waals surface area contributed by atoms with Crippen LogP contribution in [0.2, 0.25) is 0 Å². The summed E-state index contributed by atoms with van der Waals surface area (Å²) in [5.41, 5.74) is 2.55. The predicted molar refractivity (Wildman–Crippen MR) is 95.5 cm³/mol. The Labute approximate surface area is 145 Å². The third kappa shape index (κ3) is 3.39. The van der Waals surface area contributed by atoms with Crippen LogP contribution < -0.4 is 10.2 Å². The fourth-order valence-electron chi connectivity index (χ4n) is 3.16. The Morgan fingerprint density at radius 3 is 2.76 bits per heavy atom. The molecular weight excluding hydrogens is 318 g/mol. The van der Waals surface area contributed by atoms with Crippen LogP contribution in [0.15, 0.2) is 31.0 Å². The first-order valence-electron chi connectivity index (χ1n) is 8.42. The van der Waals surface area contributed by atoms with Gasteiger partial charge in [-0.15, -0.1) is 0 Å². The molecule has 0 unspecified atom stereocenters. The second-order valence-corrected chi connectivity index (χ2v) is 6.36. The number of imidazole rings is 1. The smallest absolute Gasteiger partial charge is 0.182 e. The van der Waals surface area contributed by atoms with Gasteiger partial charge < -0.3 is 19.9 Å².